The Morgan fingerprint density at radius 3 is 2.21 bits per heavy atom. The van der Waals surface area contributed by atoms with Crippen molar-refractivity contribution in [3.05, 3.63) is 71.3 Å². The highest BCUT2D eigenvalue weighted by Crippen LogP contribution is 2.32. The van der Waals surface area contributed by atoms with Crippen LogP contribution in [0.2, 0.25) is 0 Å². The molecule has 2 aromatic rings. The molecule has 0 heterocycles. The SMILES string of the molecule is CCCC1CCCC[C@@H]1OC(=O)OC(c1cccc(F)c1)c1cccc(F)c1. The predicted octanol–water partition coefficient (Wildman–Crippen LogP) is 6.57. The molecule has 0 aliphatic heterocycles. The molecule has 0 amide bonds. The third kappa shape index (κ3) is 5.31. The maximum atomic E-state index is 13.7. The second-order valence-corrected chi connectivity index (χ2v) is 7.35. The van der Waals surface area contributed by atoms with Crippen LogP contribution >= 0.6 is 0 Å². The van der Waals surface area contributed by atoms with Gasteiger partial charge in [-0.1, -0.05) is 44.0 Å². The van der Waals surface area contributed by atoms with Gasteiger partial charge in [0.2, 0.25) is 0 Å². The summed E-state index contributed by atoms with van der Waals surface area (Å²) in [6, 6.07) is 11.5. The fourth-order valence-corrected chi connectivity index (χ4v) is 3.95. The van der Waals surface area contributed by atoms with Crippen molar-refractivity contribution >= 4 is 6.16 Å². The molecule has 3 rings (SSSR count). The monoisotopic (exact) mass is 388 g/mol. The smallest absolute Gasteiger partial charge is 0.431 e. The van der Waals surface area contributed by atoms with Crippen LogP contribution in [-0.2, 0) is 9.47 Å². The van der Waals surface area contributed by atoms with Crippen LogP contribution in [0, 0.1) is 17.6 Å². The maximum absolute atomic E-state index is 13.7. The number of ether oxygens (including phenoxy) is 2. The van der Waals surface area contributed by atoms with E-state index in [1.54, 1.807) is 12.1 Å². The Morgan fingerprint density at radius 2 is 1.64 bits per heavy atom. The van der Waals surface area contributed by atoms with Crippen molar-refractivity contribution in [2.75, 3.05) is 0 Å². The summed E-state index contributed by atoms with van der Waals surface area (Å²) < 4.78 is 38.7. The molecule has 0 spiro atoms. The number of carbonyl (C=O) groups excluding carboxylic acids is 1. The molecule has 1 aliphatic carbocycles. The molecule has 2 atom stereocenters. The molecule has 0 saturated heterocycles. The van der Waals surface area contributed by atoms with Gasteiger partial charge in [-0.2, -0.15) is 0 Å². The van der Waals surface area contributed by atoms with E-state index in [-0.39, 0.29) is 6.10 Å². The minimum atomic E-state index is -0.938. The van der Waals surface area contributed by atoms with E-state index in [0.717, 1.165) is 38.5 Å². The lowest BCUT2D eigenvalue weighted by atomic mass is 9.83. The maximum Gasteiger partial charge on any atom is 0.509 e. The number of hydrogen-bond donors (Lipinski definition) is 0. The van der Waals surface area contributed by atoms with Crippen molar-refractivity contribution in [1.82, 2.24) is 0 Å². The Hall–Kier alpha value is -2.43. The molecule has 1 aliphatic rings. The van der Waals surface area contributed by atoms with Gasteiger partial charge < -0.3 is 9.47 Å². The van der Waals surface area contributed by atoms with E-state index < -0.39 is 23.9 Å². The quantitative estimate of drug-likeness (QED) is 0.525. The fraction of sp³-hybridized carbons (Fsp3) is 0.435. The molecular formula is C23H26F2O3. The molecule has 1 saturated carbocycles. The highest BCUT2D eigenvalue weighted by molar-refractivity contribution is 5.61. The van der Waals surface area contributed by atoms with Crippen molar-refractivity contribution in [2.45, 2.75) is 57.7 Å². The van der Waals surface area contributed by atoms with Crippen LogP contribution < -0.4 is 0 Å². The van der Waals surface area contributed by atoms with Gasteiger partial charge in [-0.3, -0.25) is 0 Å². The second-order valence-electron chi connectivity index (χ2n) is 7.35. The van der Waals surface area contributed by atoms with Crippen LogP contribution in [0.1, 0.15) is 62.7 Å². The number of benzene rings is 2. The Bertz CT molecular complexity index is 745. The molecule has 0 aromatic heterocycles. The summed E-state index contributed by atoms with van der Waals surface area (Å²) in [4.78, 5) is 12.6. The van der Waals surface area contributed by atoms with Crippen molar-refractivity contribution in [3.63, 3.8) is 0 Å². The van der Waals surface area contributed by atoms with E-state index in [9.17, 15) is 13.6 Å². The van der Waals surface area contributed by atoms with E-state index in [4.69, 9.17) is 9.47 Å². The lowest BCUT2D eigenvalue weighted by molar-refractivity contribution is -0.0253. The van der Waals surface area contributed by atoms with Gasteiger partial charge in [0.15, 0.2) is 6.10 Å². The number of halogens is 2. The largest absolute Gasteiger partial charge is 0.509 e. The van der Waals surface area contributed by atoms with Gasteiger partial charge in [-0.15, -0.1) is 0 Å². The van der Waals surface area contributed by atoms with Crippen molar-refractivity contribution < 1.29 is 23.0 Å². The topological polar surface area (TPSA) is 35.5 Å². The van der Waals surface area contributed by atoms with E-state index >= 15 is 0 Å². The van der Waals surface area contributed by atoms with E-state index in [1.807, 2.05) is 0 Å². The van der Waals surface area contributed by atoms with Gasteiger partial charge in [-0.05, 0) is 55.9 Å². The lowest BCUT2D eigenvalue weighted by Crippen LogP contribution is -2.31. The minimum Gasteiger partial charge on any atom is -0.431 e. The minimum absolute atomic E-state index is 0.165. The van der Waals surface area contributed by atoms with Crippen molar-refractivity contribution in [2.24, 2.45) is 5.92 Å². The summed E-state index contributed by atoms with van der Waals surface area (Å²) >= 11 is 0. The summed E-state index contributed by atoms with van der Waals surface area (Å²) in [5.41, 5.74) is 0.854. The van der Waals surface area contributed by atoms with E-state index in [1.165, 1.54) is 36.4 Å². The van der Waals surface area contributed by atoms with Crippen LogP contribution in [-0.4, -0.2) is 12.3 Å². The first-order chi connectivity index (χ1) is 13.6. The number of carbonyl (C=O) groups is 1. The van der Waals surface area contributed by atoms with Gasteiger partial charge in [-0.25, -0.2) is 13.6 Å². The highest BCUT2D eigenvalue weighted by atomic mass is 19.1. The first-order valence-corrected chi connectivity index (χ1v) is 9.95. The van der Waals surface area contributed by atoms with Crippen molar-refractivity contribution in [1.29, 1.82) is 0 Å². The first-order valence-electron chi connectivity index (χ1n) is 9.95. The third-order valence-electron chi connectivity index (χ3n) is 5.26. The molecular weight excluding hydrogens is 362 g/mol. The Kier molecular flexibility index (Phi) is 7.01. The summed E-state index contributed by atoms with van der Waals surface area (Å²) in [6.07, 6.45) is 4.18. The average Bonchev–Trinajstić information content (AvgIpc) is 2.68. The molecule has 28 heavy (non-hydrogen) atoms. The van der Waals surface area contributed by atoms with Crippen LogP contribution in [0.4, 0.5) is 13.6 Å². The lowest BCUT2D eigenvalue weighted by Gasteiger charge is -2.31. The summed E-state index contributed by atoms with van der Waals surface area (Å²) in [5, 5.41) is 0. The van der Waals surface area contributed by atoms with Gasteiger partial charge in [0.1, 0.15) is 17.7 Å². The predicted molar refractivity (Wildman–Crippen MR) is 103 cm³/mol. The number of rotatable bonds is 6. The zero-order valence-electron chi connectivity index (χ0n) is 16.1. The Labute approximate surface area is 164 Å². The number of hydrogen-bond acceptors (Lipinski definition) is 3. The fourth-order valence-electron chi connectivity index (χ4n) is 3.95. The third-order valence-corrected chi connectivity index (χ3v) is 5.26. The highest BCUT2D eigenvalue weighted by Gasteiger charge is 2.30. The normalized spacial score (nSPS) is 19.4. The van der Waals surface area contributed by atoms with Crippen LogP contribution in [0.5, 0.6) is 0 Å². The molecule has 1 unspecified atom stereocenters. The van der Waals surface area contributed by atoms with Crippen molar-refractivity contribution in [3.8, 4) is 0 Å². The molecule has 0 N–H and O–H groups in total. The van der Waals surface area contributed by atoms with Crippen LogP contribution in [0.25, 0.3) is 0 Å². The summed E-state index contributed by atoms with van der Waals surface area (Å²) in [5.74, 6) is -0.564. The summed E-state index contributed by atoms with van der Waals surface area (Å²) in [6.45, 7) is 2.12. The van der Waals surface area contributed by atoms with Gasteiger partial charge >= 0.3 is 6.16 Å². The molecule has 150 valence electrons. The molecule has 5 heteroatoms. The second kappa shape index (κ2) is 9.67. The molecule has 3 nitrogen and oxygen atoms in total. The van der Waals surface area contributed by atoms with E-state index in [0.29, 0.717) is 17.0 Å². The molecule has 1 fully saturated rings. The summed E-state index contributed by atoms with van der Waals surface area (Å²) in [7, 11) is 0. The molecule has 2 aromatic carbocycles. The van der Waals surface area contributed by atoms with E-state index in [2.05, 4.69) is 6.92 Å². The zero-order chi connectivity index (χ0) is 19.9. The van der Waals surface area contributed by atoms with Gasteiger partial charge in [0.05, 0.1) is 0 Å². The first kappa shape index (κ1) is 20.3. The van der Waals surface area contributed by atoms with Gasteiger partial charge in [0, 0.05) is 11.1 Å². The molecule has 0 bridgehead atoms. The molecule has 0 radical (unpaired) electrons. The average molecular weight is 388 g/mol. The van der Waals surface area contributed by atoms with Gasteiger partial charge in [0.25, 0.3) is 0 Å². The van der Waals surface area contributed by atoms with Crippen LogP contribution in [0.15, 0.2) is 48.5 Å². The standard InChI is InChI=1S/C23H26F2O3/c1-2-7-16-8-3-4-13-21(16)27-23(26)28-22(17-9-5-11-19(24)14-17)18-10-6-12-20(25)15-18/h5-6,9-12,14-16,21-22H,2-4,7-8,13H2,1H3/t16?,21-/m0/s1. The zero-order valence-corrected chi connectivity index (χ0v) is 16.1. The Balaban J connectivity index is 1.78. The Morgan fingerprint density at radius 1 is 1.04 bits per heavy atom. The van der Waals surface area contributed by atoms with Crippen LogP contribution in [0.3, 0.4) is 0 Å².